The van der Waals surface area contributed by atoms with Gasteiger partial charge in [-0.15, -0.1) is 12.4 Å². The second kappa shape index (κ2) is 5.56. The van der Waals surface area contributed by atoms with Crippen molar-refractivity contribution in [1.82, 2.24) is 15.5 Å². The molecule has 1 unspecified atom stereocenters. The van der Waals surface area contributed by atoms with Crippen molar-refractivity contribution in [2.45, 2.75) is 19.4 Å². The van der Waals surface area contributed by atoms with E-state index in [4.69, 9.17) is 10.3 Å². The molecule has 1 atom stereocenters. The fourth-order valence-electron chi connectivity index (χ4n) is 0.756. The highest BCUT2D eigenvalue weighted by atomic mass is 35.5. The Balaban J connectivity index is 0.00000169. The van der Waals surface area contributed by atoms with Gasteiger partial charge in [-0.3, -0.25) is 4.79 Å². The molecule has 0 aliphatic carbocycles. The lowest BCUT2D eigenvalue weighted by Crippen LogP contribution is -2.20. The number of likely N-dealkylation sites (N-methyl/N-ethyl adjacent to an activating group) is 1. The van der Waals surface area contributed by atoms with Crippen LogP contribution in [-0.4, -0.2) is 23.1 Å². The molecule has 7 heteroatoms. The van der Waals surface area contributed by atoms with Crippen LogP contribution < -0.4 is 11.1 Å². The highest BCUT2D eigenvalue weighted by Gasteiger charge is 2.11. The van der Waals surface area contributed by atoms with E-state index in [0.29, 0.717) is 11.7 Å². The molecule has 0 spiro atoms. The fraction of sp³-hybridized carbons (Fsp3) is 0.571. The SMILES string of the molecule is CNC(=O)Cc1noc(C(C)N)n1.Cl. The topological polar surface area (TPSA) is 94.0 Å². The van der Waals surface area contributed by atoms with Crippen molar-refractivity contribution in [3.63, 3.8) is 0 Å². The lowest BCUT2D eigenvalue weighted by Gasteiger charge is -1.93. The second-order valence-corrected chi connectivity index (χ2v) is 2.69. The van der Waals surface area contributed by atoms with Crippen molar-refractivity contribution in [2.75, 3.05) is 7.05 Å². The molecule has 1 amide bonds. The number of rotatable bonds is 3. The number of nitrogens with zero attached hydrogens (tertiary/aromatic N) is 2. The predicted molar refractivity (Wildman–Crippen MR) is 51.9 cm³/mol. The van der Waals surface area contributed by atoms with Gasteiger partial charge >= 0.3 is 0 Å². The number of halogens is 1. The Morgan fingerprint density at radius 3 is 2.79 bits per heavy atom. The van der Waals surface area contributed by atoms with Crippen molar-refractivity contribution in [1.29, 1.82) is 0 Å². The summed E-state index contributed by atoms with van der Waals surface area (Å²) in [7, 11) is 1.55. The van der Waals surface area contributed by atoms with E-state index in [0.717, 1.165) is 0 Å². The summed E-state index contributed by atoms with van der Waals surface area (Å²) < 4.78 is 4.81. The lowest BCUT2D eigenvalue weighted by molar-refractivity contribution is -0.120. The van der Waals surface area contributed by atoms with Crippen LogP contribution in [0, 0.1) is 0 Å². The first-order valence-electron chi connectivity index (χ1n) is 3.92. The maximum absolute atomic E-state index is 10.9. The van der Waals surface area contributed by atoms with Gasteiger partial charge in [-0.05, 0) is 6.92 Å². The van der Waals surface area contributed by atoms with Gasteiger partial charge in [-0.2, -0.15) is 4.98 Å². The van der Waals surface area contributed by atoms with Gasteiger partial charge in [0.15, 0.2) is 5.82 Å². The average molecular weight is 221 g/mol. The normalized spacial score (nSPS) is 11.6. The Morgan fingerprint density at radius 1 is 1.71 bits per heavy atom. The zero-order chi connectivity index (χ0) is 9.84. The molecule has 0 saturated carbocycles. The summed E-state index contributed by atoms with van der Waals surface area (Å²) >= 11 is 0. The van der Waals surface area contributed by atoms with Crippen LogP contribution in [0.2, 0.25) is 0 Å². The number of nitrogens with two attached hydrogens (primary N) is 1. The molecule has 0 aliphatic heterocycles. The summed E-state index contributed by atoms with van der Waals surface area (Å²) in [6.07, 6.45) is 0.118. The third-order valence-corrected chi connectivity index (χ3v) is 1.47. The van der Waals surface area contributed by atoms with Crippen LogP contribution >= 0.6 is 12.4 Å². The quantitative estimate of drug-likeness (QED) is 0.736. The number of amides is 1. The Labute approximate surface area is 87.6 Å². The summed E-state index contributed by atoms with van der Waals surface area (Å²) in [6.45, 7) is 1.73. The van der Waals surface area contributed by atoms with E-state index in [-0.39, 0.29) is 30.8 Å². The third kappa shape index (κ3) is 3.31. The maximum atomic E-state index is 10.9. The van der Waals surface area contributed by atoms with Crippen LogP contribution in [0.4, 0.5) is 0 Å². The Morgan fingerprint density at radius 2 is 2.36 bits per heavy atom. The first kappa shape index (κ1) is 12.9. The van der Waals surface area contributed by atoms with Gasteiger partial charge in [-0.25, -0.2) is 0 Å². The first-order valence-corrected chi connectivity index (χ1v) is 3.92. The number of hydrogen-bond donors (Lipinski definition) is 2. The predicted octanol–water partition coefficient (Wildman–Crippen LogP) is -0.200. The summed E-state index contributed by atoms with van der Waals surface area (Å²) in [5.41, 5.74) is 5.49. The molecule has 80 valence electrons. The van der Waals surface area contributed by atoms with E-state index in [9.17, 15) is 4.79 Å². The summed E-state index contributed by atoms with van der Waals surface area (Å²) in [5, 5.41) is 6.06. The van der Waals surface area contributed by atoms with E-state index >= 15 is 0 Å². The van der Waals surface area contributed by atoms with Crippen molar-refractivity contribution in [3.8, 4) is 0 Å². The van der Waals surface area contributed by atoms with E-state index in [2.05, 4.69) is 15.5 Å². The molecule has 1 rings (SSSR count). The van der Waals surface area contributed by atoms with Gasteiger partial charge in [0.1, 0.15) is 0 Å². The zero-order valence-corrected chi connectivity index (χ0v) is 8.80. The van der Waals surface area contributed by atoms with Crippen LogP contribution in [0.25, 0.3) is 0 Å². The molecule has 3 N–H and O–H groups in total. The molecule has 6 nitrogen and oxygen atoms in total. The molecular formula is C7H13ClN4O2. The average Bonchev–Trinajstić information content (AvgIpc) is 2.52. The molecule has 0 saturated heterocycles. The second-order valence-electron chi connectivity index (χ2n) is 2.69. The Kier molecular flexibility index (Phi) is 5.11. The molecule has 0 radical (unpaired) electrons. The summed E-state index contributed by atoms with van der Waals surface area (Å²) in [4.78, 5) is 14.8. The van der Waals surface area contributed by atoms with E-state index < -0.39 is 0 Å². The van der Waals surface area contributed by atoms with Crippen LogP contribution in [-0.2, 0) is 11.2 Å². The number of carbonyl (C=O) groups is 1. The van der Waals surface area contributed by atoms with Gasteiger partial charge in [0.2, 0.25) is 11.8 Å². The van der Waals surface area contributed by atoms with Gasteiger partial charge in [0.05, 0.1) is 12.5 Å². The van der Waals surface area contributed by atoms with Crippen LogP contribution in [0.5, 0.6) is 0 Å². The molecule has 1 heterocycles. The maximum Gasteiger partial charge on any atom is 0.243 e. The molecule has 0 fully saturated rings. The standard InChI is InChI=1S/C7H12N4O2.ClH/c1-4(8)7-10-5(11-13-7)3-6(12)9-2;/h4H,3,8H2,1-2H3,(H,9,12);1H. The third-order valence-electron chi connectivity index (χ3n) is 1.47. The van der Waals surface area contributed by atoms with E-state index in [1.54, 1.807) is 14.0 Å². The minimum absolute atomic E-state index is 0. The molecule has 1 aromatic rings. The van der Waals surface area contributed by atoms with Crippen molar-refractivity contribution in [3.05, 3.63) is 11.7 Å². The molecular weight excluding hydrogens is 208 g/mol. The zero-order valence-electron chi connectivity index (χ0n) is 7.98. The van der Waals surface area contributed by atoms with Crippen molar-refractivity contribution >= 4 is 18.3 Å². The molecule has 0 aromatic carbocycles. The van der Waals surface area contributed by atoms with E-state index in [1.165, 1.54) is 0 Å². The smallest absolute Gasteiger partial charge is 0.243 e. The summed E-state index contributed by atoms with van der Waals surface area (Å²) in [6, 6.07) is -0.300. The van der Waals surface area contributed by atoms with Crippen LogP contribution in [0.15, 0.2) is 4.52 Å². The highest BCUT2D eigenvalue weighted by molar-refractivity contribution is 5.85. The van der Waals surface area contributed by atoms with Gasteiger partial charge in [0.25, 0.3) is 0 Å². The van der Waals surface area contributed by atoms with Crippen molar-refractivity contribution in [2.24, 2.45) is 5.73 Å². The monoisotopic (exact) mass is 220 g/mol. The van der Waals surface area contributed by atoms with Gasteiger partial charge in [0, 0.05) is 7.05 Å². The first-order chi connectivity index (χ1) is 6.13. The highest BCUT2D eigenvalue weighted by Crippen LogP contribution is 2.05. The van der Waals surface area contributed by atoms with Crippen LogP contribution in [0.3, 0.4) is 0 Å². The lowest BCUT2D eigenvalue weighted by atomic mass is 10.3. The minimum Gasteiger partial charge on any atom is -0.359 e. The number of nitrogens with one attached hydrogen (secondary N) is 1. The van der Waals surface area contributed by atoms with Gasteiger partial charge in [-0.1, -0.05) is 5.16 Å². The Bertz CT molecular complexity index is 300. The Hall–Kier alpha value is -1.14. The van der Waals surface area contributed by atoms with Crippen molar-refractivity contribution < 1.29 is 9.32 Å². The number of carbonyl (C=O) groups excluding carboxylic acids is 1. The number of aromatic nitrogens is 2. The van der Waals surface area contributed by atoms with Gasteiger partial charge < -0.3 is 15.6 Å². The molecule has 0 aliphatic rings. The van der Waals surface area contributed by atoms with E-state index in [1.807, 2.05) is 0 Å². The molecule has 1 aromatic heterocycles. The number of hydrogen-bond acceptors (Lipinski definition) is 5. The minimum atomic E-state index is -0.300. The molecule has 14 heavy (non-hydrogen) atoms. The molecule has 0 bridgehead atoms. The largest absolute Gasteiger partial charge is 0.359 e. The fourth-order valence-corrected chi connectivity index (χ4v) is 0.756. The summed E-state index contributed by atoms with van der Waals surface area (Å²) in [5.74, 6) is 0.544. The van der Waals surface area contributed by atoms with Crippen LogP contribution in [0.1, 0.15) is 24.7 Å².